The molecule has 1 aromatic heterocycles. The largest absolute Gasteiger partial charge is 0.369 e. The Hall–Kier alpha value is -2.14. The van der Waals surface area contributed by atoms with Crippen molar-refractivity contribution in [1.82, 2.24) is 15.5 Å². The monoisotopic (exact) mass is 304 g/mol. The summed E-state index contributed by atoms with van der Waals surface area (Å²) in [6, 6.07) is 10.6. The van der Waals surface area contributed by atoms with Crippen molar-refractivity contribution in [2.45, 2.75) is 19.9 Å². The van der Waals surface area contributed by atoms with Crippen LogP contribution in [0.4, 0.5) is 5.82 Å². The molecule has 0 fully saturated rings. The number of amides is 1. The molecule has 1 unspecified atom stereocenters. The molecular formula is C15H17ClN4O. The maximum Gasteiger partial charge on any atom is 0.272 e. The van der Waals surface area contributed by atoms with Crippen LogP contribution in [0.2, 0.25) is 5.02 Å². The second-order valence-electron chi connectivity index (χ2n) is 4.58. The average Bonchev–Trinajstić information content (AvgIpc) is 2.48. The summed E-state index contributed by atoms with van der Waals surface area (Å²) < 4.78 is 0. The number of hydrogen-bond donors (Lipinski definition) is 2. The summed E-state index contributed by atoms with van der Waals surface area (Å²) >= 11 is 5.95. The third-order valence-corrected chi connectivity index (χ3v) is 3.19. The number of nitrogens with one attached hydrogen (secondary N) is 2. The van der Waals surface area contributed by atoms with Crippen molar-refractivity contribution in [3.63, 3.8) is 0 Å². The lowest BCUT2D eigenvalue weighted by atomic mass is 10.1. The van der Waals surface area contributed by atoms with Crippen LogP contribution in [0.1, 0.15) is 35.9 Å². The molecule has 110 valence electrons. The lowest BCUT2D eigenvalue weighted by molar-refractivity contribution is 0.0934. The van der Waals surface area contributed by atoms with E-state index in [4.69, 9.17) is 11.6 Å². The first-order valence-corrected chi connectivity index (χ1v) is 7.12. The Morgan fingerprint density at radius 1 is 1.29 bits per heavy atom. The number of hydrogen-bond acceptors (Lipinski definition) is 4. The summed E-state index contributed by atoms with van der Waals surface area (Å²) in [4.78, 5) is 12.1. The van der Waals surface area contributed by atoms with Crippen LogP contribution in [-0.2, 0) is 0 Å². The zero-order valence-corrected chi connectivity index (χ0v) is 12.7. The van der Waals surface area contributed by atoms with Gasteiger partial charge in [-0.1, -0.05) is 23.7 Å². The standard InChI is InChI=1S/C15H17ClN4O/c1-3-17-14-8-7-13(19-20-14)15(21)18-10(2)11-5-4-6-12(16)9-11/h4-10H,3H2,1-2H3,(H,17,20)(H,18,21). The van der Waals surface area contributed by atoms with Crippen LogP contribution >= 0.6 is 11.6 Å². The highest BCUT2D eigenvalue weighted by atomic mass is 35.5. The molecule has 0 saturated heterocycles. The first-order valence-electron chi connectivity index (χ1n) is 6.74. The SMILES string of the molecule is CCNc1ccc(C(=O)NC(C)c2cccc(Cl)c2)nn1. The maximum absolute atomic E-state index is 12.1. The lowest BCUT2D eigenvalue weighted by Gasteiger charge is -2.14. The van der Waals surface area contributed by atoms with Crippen molar-refractivity contribution in [3.05, 3.63) is 52.7 Å². The highest BCUT2D eigenvalue weighted by Crippen LogP contribution is 2.17. The first kappa shape index (κ1) is 15.3. The van der Waals surface area contributed by atoms with Gasteiger partial charge in [0.2, 0.25) is 0 Å². The van der Waals surface area contributed by atoms with E-state index in [2.05, 4.69) is 20.8 Å². The van der Waals surface area contributed by atoms with Crippen molar-refractivity contribution >= 4 is 23.3 Å². The quantitative estimate of drug-likeness (QED) is 0.891. The molecule has 0 aliphatic rings. The molecule has 2 N–H and O–H groups in total. The third-order valence-electron chi connectivity index (χ3n) is 2.95. The second kappa shape index (κ2) is 7.04. The van der Waals surface area contributed by atoms with Gasteiger partial charge in [0.1, 0.15) is 5.82 Å². The third kappa shape index (κ3) is 4.16. The molecule has 0 bridgehead atoms. The predicted octanol–water partition coefficient (Wildman–Crippen LogP) is 3.05. The minimum absolute atomic E-state index is 0.161. The number of carbonyl (C=O) groups is 1. The molecule has 0 aliphatic carbocycles. The molecule has 1 amide bonds. The smallest absolute Gasteiger partial charge is 0.272 e. The molecule has 0 radical (unpaired) electrons. The topological polar surface area (TPSA) is 66.9 Å². The van der Waals surface area contributed by atoms with Gasteiger partial charge in [0.05, 0.1) is 6.04 Å². The summed E-state index contributed by atoms with van der Waals surface area (Å²) in [6.45, 7) is 4.62. The van der Waals surface area contributed by atoms with Gasteiger partial charge in [0.25, 0.3) is 5.91 Å². The Morgan fingerprint density at radius 2 is 2.10 bits per heavy atom. The van der Waals surface area contributed by atoms with Crippen LogP contribution < -0.4 is 10.6 Å². The number of carbonyl (C=O) groups excluding carboxylic acids is 1. The van der Waals surface area contributed by atoms with Crippen LogP contribution in [0.15, 0.2) is 36.4 Å². The molecule has 1 aromatic carbocycles. The molecule has 1 heterocycles. The predicted molar refractivity (Wildman–Crippen MR) is 83.5 cm³/mol. The summed E-state index contributed by atoms with van der Waals surface area (Å²) in [5, 5.41) is 14.4. The van der Waals surface area contributed by atoms with Gasteiger partial charge in [-0.3, -0.25) is 4.79 Å². The van der Waals surface area contributed by atoms with E-state index in [9.17, 15) is 4.79 Å². The number of nitrogens with zero attached hydrogens (tertiary/aromatic N) is 2. The molecule has 6 heteroatoms. The second-order valence-corrected chi connectivity index (χ2v) is 5.02. The van der Waals surface area contributed by atoms with Crippen molar-refractivity contribution in [2.24, 2.45) is 0 Å². The average molecular weight is 305 g/mol. The van der Waals surface area contributed by atoms with Gasteiger partial charge in [-0.05, 0) is 43.7 Å². The Balaban J connectivity index is 2.03. The van der Waals surface area contributed by atoms with E-state index in [1.807, 2.05) is 32.0 Å². The maximum atomic E-state index is 12.1. The summed E-state index contributed by atoms with van der Waals surface area (Å²) in [6.07, 6.45) is 0. The van der Waals surface area contributed by atoms with E-state index >= 15 is 0 Å². The molecule has 2 rings (SSSR count). The summed E-state index contributed by atoms with van der Waals surface area (Å²) in [5.74, 6) is 0.384. The molecule has 21 heavy (non-hydrogen) atoms. The van der Waals surface area contributed by atoms with Gasteiger partial charge < -0.3 is 10.6 Å². The van der Waals surface area contributed by atoms with Gasteiger partial charge >= 0.3 is 0 Å². The van der Waals surface area contributed by atoms with Crippen molar-refractivity contribution in [3.8, 4) is 0 Å². The molecule has 0 saturated carbocycles. The minimum atomic E-state index is -0.266. The number of rotatable bonds is 5. The number of anilines is 1. The number of halogens is 1. The molecule has 0 spiro atoms. The van der Waals surface area contributed by atoms with Gasteiger partial charge in [-0.2, -0.15) is 0 Å². The minimum Gasteiger partial charge on any atom is -0.369 e. The Morgan fingerprint density at radius 3 is 2.71 bits per heavy atom. The van der Waals surface area contributed by atoms with Crippen molar-refractivity contribution in [1.29, 1.82) is 0 Å². The van der Waals surface area contributed by atoms with E-state index in [1.165, 1.54) is 0 Å². The van der Waals surface area contributed by atoms with Crippen LogP contribution in [-0.4, -0.2) is 22.6 Å². The van der Waals surface area contributed by atoms with Gasteiger partial charge in [-0.25, -0.2) is 0 Å². The van der Waals surface area contributed by atoms with Crippen LogP contribution in [0.3, 0.4) is 0 Å². The van der Waals surface area contributed by atoms with Gasteiger partial charge in [-0.15, -0.1) is 10.2 Å². The number of benzene rings is 1. The fourth-order valence-corrected chi connectivity index (χ4v) is 2.06. The highest BCUT2D eigenvalue weighted by molar-refractivity contribution is 6.30. The van der Waals surface area contributed by atoms with Crippen molar-refractivity contribution in [2.75, 3.05) is 11.9 Å². The van der Waals surface area contributed by atoms with Gasteiger partial charge in [0, 0.05) is 11.6 Å². The summed E-state index contributed by atoms with van der Waals surface area (Å²) in [5.41, 5.74) is 1.22. The molecule has 5 nitrogen and oxygen atoms in total. The van der Waals surface area contributed by atoms with E-state index < -0.39 is 0 Å². The normalized spacial score (nSPS) is 11.8. The Bertz CT molecular complexity index is 615. The van der Waals surface area contributed by atoms with Gasteiger partial charge in [0.15, 0.2) is 5.69 Å². The van der Waals surface area contributed by atoms with E-state index in [-0.39, 0.29) is 17.6 Å². The van der Waals surface area contributed by atoms with E-state index in [1.54, 1.807) is 18.2 Å². The highest BCUT2D eigenvalue weighted by Gasteiger charge is 2.13. The van der Waals surface area contributed by atoms with Crippen molar-refractivity contribution < 1.29 is 4.79 Å². The van der Waals surface area contributed by atoms with Crippen LogP contribution in [0.5, 0.6) is 0 Å². The first-order chi connectivity index (χ1) is 10.1. The molecule has 0 aliphatic heterocycles. The molecular weight excluding hydrogens is 288 g/mol. The number of aromatic nitrogens is 2. The van der Waals surface area contributed by atoms with Crippen LogP contribution in [0.25, 0.3) is 0 Å². The molecule has 2 aromatic rings. The Labute approximate surface area is 128 Å². The fraction of sp³-hybridized carbons (Fsp3) is 0.267. The zero-order valence-electron chi connectivity index (χ0n) is 11.9. The van der Waals surface area contributed by atoms with E-state index in [0.29, 0.717) is 10.8 Å². The van der Waals surface area contributed by atoms with Crippen LogP contribution in [0, 0.1) is 0 Å². The lowest BCUT2D eigenvalue weighted by Crippen LogP contribution is -2.27. The van der Waals surface area contributed by atoms with E-state index in [0.717, 1.165) is 12.1 Å². The summed E-state index contributed by atoms with van der Waals surface area (Å²) in [7, 11) is 0. The molecule has 1 atom stereocenters. The fourth-order valence-electron chi connectivity index (χ4n) is 1.86. The zero-order chi connectivity index (χ0) is 15.2. The Kier molecular flexibility index (Phi) is 5.11.